The van der Waals surface area contributed by atoms with Gasteiger partial charge in [0.1, 0.15) is 0 Å². The molecule has 4 nitrogen and oxygen atoms in total. The van der Waals surface area contributed by atoms with E-state index < -0.39 is 0 Å². The number of carbonyl (C=O) groups excluding carboxylic acids is 2. The van der Waals surface area contributed by atoms with Crippen LogP contribution in [0.2, 0.25) is 0 Å². The molecule has 29 heavy (non-hydrogen) atoms. The molecule has 4 heterocycles. The standard InChI is InChI=1S/C25H26N2O2/c28-24-20-21(23-19-11-7-3-5-9-17(19)13-15-27(23)24)25(29)26-14-12-16-8-4-1-2-6-10-18(16)22(20)26/h12-15H,1-11H2. The highest BCUT2D eigenvalue weighted by Crippen LogP contribution is 2.50. The van der Waals surface area contributed by atoms with Crippen molar-refractivity contribution in [1.82, 2.24) is 9.80 Å². The van der Waals surface area contributed by atoms with Crippen LogP contribution in [0.15, 0.2) is 69.4 Å². The highest BCUT2D eigenvalue weighted by atomic mass is 16.2. The number of rotatable bonds is 0. The van der Waals surface area contributed by atoms with Crippen molar-refractivity contribution in [3.63, 3.8) is 0 Å². The van der Waals surface area contributed by atoms with Gasteiger partial charge in [-0.05, 0) is 85.8 Å². The van der Waals surface area contributed by atoms with Crippen LogP contribution < -0.4 is 0 Å². The molecular formula is C25H26N2O2. The molecule has 2 aliphatic carbocycles. The summed E-state index contributed by atoms with van der Waals surface area (Å²) in [5.41, 5.74) is 8.20. The number of fused-ring (bicyclic) bond motifs is 5. The minimum Gasteiger partial charge on any atom is -0.283 e. The van der Waals surface area contributed by atoms with Gasteiger partial charge in [-0.25, -0.2) is 0 Å². The normalized spacial score (nSPS) is 26.3. The zero-order valence-corrected chi connectivity index (χ0v) is 16.8. The van der Waals surface area contributed by atoms with Crippen molar-refractivity contribution in [2.45, 2.75) is 70.6 Å². The Balaban J connectivity index is 1.57. The van der Waals surface area contributed by atoms with E-state index in [1.165, 1.54) is 54.4 Å². The van der Waals surface area contributed by atoms with Gasteiger partial charge in [0.2, 0.25) is 0 Å². The molecule has 0 spiro atoms. The minimum atomic E-state index is -0.0166. The minimum absolute atomic E-state index is 0.0166. The molecule has 0 radical (unpaired) electrons. The number of hydrogen-bond donors (Lipinski definition) is 0. The van der Waals surface area contributed by atoms with Crippen molar-refractivity contribution in [2.75, 3.05) is 0 Å². The van der Waals surface area contributed by atoms with Crippen LogP contribution >= 0.6 is 0 Å². The van der Waals surface area contributed by atoms with Gasteiger partial charge in [0, 0.05) is 12.4 Å². The van der Waals surface area contributed by atoms with Crippen LogP contribution in [-0.2, 0) is 9.59 Å². The molecule has 0 aromatic rings. The maximum Gasteiger partial charge on any atom is 0.265 e. The summed E-state index contributed by atoms with van der Waals surface area (Å²) < 4.78 is 0. The molecular weight excluding hydrogens is 360 g/mol. The second kappa shape index (κ2) is 6.45. The number of amides is 2. The first-order chi connectivity index (χ1) is 14.3. The zero-order chi connectivity index (χ0) is 19.5. The highest BCUT2D eigenvalue weighted by Gasteiger charge is 2.50. The van der Waals surface area contributed by atoms with Crippen molar-refractivity contribution in [2.24, 2.45) is 0 Å². The molecule has 2 amide bonds. The number of nitrogens with zero attached hydrogens (tertiary/aromatic N) is 2. The lowest BCUT2D eigenvalue weighted by molar-refractivity contribution is -0.122. The fourth-order valence-electron chi connectivity index (χ4n) is 5.84. The smallest absolute Gasteiger partial charge is 0.265 e. The average Bonchev–Trinajstić information content (AvgIpc) is 3.02. The van der Waals surface area contributed by atoms with Crippen molar-refractivity contribution in [3.8, 4) is 0 Å². The maximum atomic E-state index is 13.5. The van der Waals surface area contributed by atoms with E-state index in [1.54, 1.807) is 9.80 Å². The Bertz CT molecular complexity index is 1030. The Morgan fingerprint density at radius 1 is 0.552 bits per heavy atom. The Labute approximate surface area is 171 Å². The second-order valence-electron chi connectivity index (χ2n) is 8.91. The van der Waals surface area contributed by atoms with Gasteiger partial charge in [0.15, 0.2) is 0 Å². The lowest BCUT2D eigenvalue weighted by Gasteiger charge is -2.29. The first-order valence-corrected chi connectivity index (χ1v) is 11.2. The van der Waals surface area contributed by atoms with E-state index in [-0.39, 0.29) is 11.8 Å². The molecule has 148 valence electrons. The number of carbonyl (C=O) groups is 2. The van der Waals surface area contributed by atoms with Crippen LogP contribution in [0, 0.1) is 0 Å². The van der Waals surface area contributed by atoms with Crippen LogP contribution in [-0.4, -0.2) is 21.6 Å². The van der Waals surface area contributed by atoms with Crippen molar-refractivity contribution in [3.05, 3.63) is 69.4 Å². The quantitative estimate of drug-likeness (QED) is 0.578. The van der Waals surface area contributed by atoms with E-state index in [1.807, 2.05) is 12.4 Å². The van der Waals surface area contributed by atoms with Gasteiger partial charge in [-0.2, -0.15) is 0 Å². The molecule has 4 heteroatoms. The molecule has 4 aliphatic heterocycles. The third kappa shape index (κ3) is 2.38. The van der Waals surface area contributed by atoms with E-state index in [9.17, 15) is 9.59 Å². The first kappa shape index (κ1) is 17.3. The van der Waals surface area contributed by atoms with Crippen LogP contribution in [0.25, 0.3) is 0 Å². The maximum absolute atomic E-state index is 13.5. The molecule has 0 atom stereocenters. The molecule has 0 saturated carbocycles. The third-order valence-corrected chi connectivity index (χ3v) is 7.26. The predicted octanol–water partition coefficient (Wildman–Crippen LogP) is 5.15. The van der Waals surface area contributed by atoms with Crippen LogP contribution in [0.1, 0.15) is 70.6 Å². The summed E-state index contributed by atoms with van der Waals surface area (Å²) in [5, 5.41) is 0. The molecule has 0 unspecified atom stereocenters. The number of hydrogen-bond acceptors (Lipinski definition) is 2. The van der Waals surface area contributed by atoms with Gasteiger partial charge >= 0.3 is 0 Å². The van der Waals surface area contributed by atoms with Crippen molar-refractivity contribution >= 4 is 11.8 Å². The molecule has 6 aliphatic rings. The largest absolute Gasteiger partial charge is 0.283 e. The second-order valence-corrected chi connectivity index (χ2v) is 8.91. The molecule has 6 rings (SSSR count). The SMILES string of the molecule is O=C1C2=C3C4=C(C=CN3C(=O)C2=C2C3=C(C=CN12)CCCCCC3)CCCCC4. The summed E-state index contributed by atoms with van der Waals surface area (Å²) in [6.45, 7) is 0. The van der Waals surface area contributed by atoms with Crippen LogP contribution in [0.4, 0.5) is 0 Å². The molecule has 0 bridgehead atoms. The Morgan fingerprint density at radius 2 is 0.966 bits per heavy atom. The van der Waals surface area contributed by atoms with Gasteiger partial charge in [-0.1, -0.05) is 19.3 Å². The van der Waals surface area contributed by atoms with E-state index in [2.05, 4.69) is 12.2 Å². The van der Waals surface area contributed by atoms with E-state index in [4.69, 9.17) is 0 Å². The highest BCUT2D eigenvalue weighted by molar-refractivity contribution is 6.21. The summed E-state index contributed by atoms with van der Waals surface area (Å²) in [5.74, 6) is -0.0331. The van der Waals surface area contributed by atoms with Crippen molar-refractivity contribution < 1.29 is 9.59 Å². The summed E-state index contributed by atoms with van der Waals surface area (Å²) in [4.78, 5) is 30.6. The topological polar surface area (TPSA) is 40.6 Å². The summed E-state index contributed by atoms with van der Waals surface area (Å²) in [6, 6.07) is 0. The lowest BCUT2D eigenvalue weighted by atomic mass is 9.88. The monoisotopic (exact) mass is 386 g/mol. The summed E-state index contributed by atoms with van der Waals surface area (Å²) in [7, 11) is 0. The van der Waals surface area contributed by atoms with Gasteiger partial charge in [-0.3, -0.25) is 19.4 Å². The molecule has 0 saturated heterocycles. The summed E-state index contributed by atoms with van der Waals surface area (Å²) >= 11 is 0. The molecule has 0 N–H and O–H groups in total. The fourth-order valence-corrected chi connectivity index (χ4v) is 5.84. The van der Waals surface area contributed by atoms with Gasteiger partial charge < -0.3 is 0 Å². The molecule has 0 fully saturated rings. The van der Waals surface area contributed by atoms with Gasteiger partial charge in [0.05, 0.1) is 22.5 Å². The molecule has 0 aromatic heterocycles. The lowest BCUT2D eigenvalue weighted by Crippen LogP contribution is -2.29. The van der Waals surface area contributed by atoms with Crippen LogP contribution in [0.5, 0.6) is 0 Å². The Kier molecular flexibility index (Phi) is 3.84. The Hall–Kier alpha value is -2.62. The Morgan fingerprint density at radius 3 is 1.45 bits per heavy atom. The third-order valence-electron chi connectivity index (χ3n) is 7.26. The van der Waals surface area contributed by atoms with Gasteiger partial charge in [-0.15, -0.1) is 0 Å². The van der Waals surface area contributed by atoms with E-state index in [0.717, 1.165) is 49.9 Å². The van der Waals surface area contributed by atoms with Gasteiger partial charge in [0.25, 0.3) is 11.8 Å². The first-order valence-electron chi connectivity index (χ1n) is 11.2. The zero-order valence-electron chi connectivity index (χ0n) is 16.8. The number of allylic oxidation sites excluding steroid dienone is 6. The van der Waals surface area contributed by atoms with E-state index in [0.29, 0.717) is 11.1 Å². The van der Waals surface area contributed by atoms with E-state index >= 15 is 0 Å². The fraction of sp³-hybridized carbons (Fsp3) is 0.440. The average molecular weight is 386 g/mol. The summed E-state index contributed by atoms with van der Waals surface area (Å²) in [6.07, 6.45) is 20.4. The van der Waals surface area contributed by atoms with Crippen LogP contribution in [0.3, 0.4) is 0 Å². The van der Waals surface area contributed by atoms with Crippen molar-refractivity contribution in [1.29, 1.82) is 0 Å². The predicted molar refractivity (Wildman–Crippen MR) is 111 cm³/mol. The molecule has 0 aromatic carbocycles.